The van der Waals surface area contributed by atoms with Crippen LogP contribution in [0, 0.1) is 0 Å². The summed E-state index contributed by atoms with van der Waals surface area (Å²) in [5.41, 5.74) is 2.77. The van der Waals surface area contributed by atoms with E-state index in [1.807, 2.05) is 44.6 Å². The van der Waals surface area contributed by atoms with Gasteiger partial charge >= 0.3 is 0 Å². The van der Waals surface area contributed by atoms with Gasteiger partial charge in [-0.15, -0.1) is 0 Å². The highest BCUT2D eigenvalue weighted by Gasteiger charge is 2.31. The molecule has 4 atom stereocenters. The molecule has 2 aliphatic rings. The van der Waals surface area contributed by atoms with Gasteiger partial charge in [0, 0.05) is 60.9 Å². The van der Waals surface area contributed by atoms with Gasteiger partial charge in [0.2, 0.25) is 5.95 Å². The smallest absolute Gasteiger partial charge is 0.223 e. The van der Waals surface area contributed by atoms with Gasteiger partial charge in [0.1, 0.15) is 6.23 Å². The Labute approximate surface area is 235 Å². The highest BCUT2D eigenvalue weighted by atomic mass is 35.5. The zero-order valence-corrected chi connectivity index (χ0v) is 23.6. The average Bonchev–Trinajstić information content (AvgIpc) is 3.37. The number of ether oxygens (including phenoxy) is 1. The zero-order chi connectivity index (χ0) is 27.2. The van der Waals surface area contributed by atoms with E-state index in [0.717, 1.165) is 61.1 Å². The number of fused-ring (bicyclic) bond motifs is 1. The summed E-state index contributed by atoms with van der Waals surface area (Å²) < 4.78 is 6.01. The van der Waals surface area contributed by atoms with Gasteiger partial charge in [0.25, 0.3) is 0 Å². The van der Waals surface area contributed by atoms with E-state index < -0.39 is 6.23 Å². The number of likely N-dealkylation sites (N-methyl/N-ethyl adjacent to an activating group) is 1. The SMILES string of the molecule is CN(C)C/C=C/C(O)NCC1CN([C@H]2CCC[C@@H](Nc3ncc(Cl)c(-c4c[nH]c5ccccc45)n3)C2)CCO1. The molecule has 9 nitrogen and oxygen atoms in total. The lowest BCUT2D eigenvalue weighted by atomic mass is 9.89. The number of hydrogen-bond acceptors (Lipinski definition) is 8. The fourth-order valence-electron chi connectivity index (χ4n) is 5.62. The molecule has 2 unspecified atom stereocenters. The minimum absolute atomic E-state index is 0.0577. The molecule has 5 rings (SSSR count). The molecule has 210 valence electrons. The molecular weight excluding hydrogens is 514 g/mol. The molecule has 1 saturated carbocycles. The molecule has 1 saturated heterocycles. The Morgan fingerprint density at radius 1 is 1.31 bits per heavy atom. The van der Waals surface area contributed by atoms with Crippen LogP contribution in [0.2, 0.25) is 5.02 Å². The van der Waals surface area contributed by atoms with Crippen molar-refractivity contribution in [3.8, 4) is 11.3 Å². The molecule has 1 aromatic carbocycles. The summed E-state index contributed by atoms with van der Waals surface area (Å²) >= 11 is 6.54. The number of anilines is 1. The number of rotatable bonds is 10. The van der Waals surface area contributed by atoms with Crippen molar-refractivity contribution in [2.24, 2.45) is 0 Å². The van der Waals surface area contributed by atoms with Crippen LogP contribution in [-0.2, 0) is 4.74 Å². The summed E-state index contributed by atoms with van der Waals surface area (Å²) in [7, 11) is 4.01. The first-order valence-electron chi connectivity index (χ1n) is 13.9. The van der Waals surface area contributed by atoms with E-state index in [9.17, 15) is 5.11 Å². The maximum Gasteiger partial charge on any atom is 0.223 e. The average molecular weight is 554 g/mol. The maximum absolute atomic E-state index is 10.2. The van der Waals surface area contributed by atoms with Crippen LogP contribution in [0.1, 0.15) is 25.7 Å². The number of aromatic nitrogens is 3. The summed E-state index contributed by atoms with van der Waals surface area (Å²) in [5.74, 6) is 0.616. The number of halogens is 1. The quantitative estimate of drug-likeness (QED) is 0.223. The molecule has 1 aliphatic heterocycles. The lowest BCUT2D eigenvalue weighted by molar-refractivity contribution is -0.0507. The second-order valence-electron chi connectivity index (χ2n) is 10.8. The fourth-order valence-corrected chi connectivity index (χ4v) is 5.81. The first-order valence-corrected chi connectivity index (χ1v) is 14.3. The van der Waals surface area contributed by atoms with Gasteiger partial charge in [-0.05, 0) is 51.9 Å². The second-order valence-corrected chi connectivity index (χ2v) is 11.2. The van der Waals surface area contributed by atoms with Crippen LogP contribution in [0.4, 0.5) is 5.95 Å². The van der Waals surface area contributed by atoms with E-state index in [-0.39, 0.29) is 6.10 Å². The van der Waals surface area contributed by atoms with Gasteiger partial charge in [-0.2, -0.15) is 0 Å². The van der Waals surface area contributed by atoms with Crippen LogP contribution in [-0.4, -0.2) is 101 Å². The summed E-state index contributed by atoms with van der Waals surface area (Å²) in [6.07, 6.45) is 11.3. The monoisotopic (exact) mass is 553 g/mol. The van der Waals surface area contributed by atoms with Crippen molar-refractivity contribution in [3.05, 3.63) is 53.8 Å². The maximum atomic E-state index is 10.2. The minimum atomic E-state index is -0.666. The van der Waals surface area contributed by atoms with E-state index in [2.05, 4.69) is 36.5 Å². The minimum Gasteiger partial charge on any atom is -0.375 e. The summed E-state index contributed by atoms with van der Waals surface area (Å²) in [6.45, 7) is 3.92. The van der Waals surface area contributed by atoms with Gasteiger partial charge in [0.05, 0.1) is 29.6 Å². The number of aromatic amines is 1. The fraction of sp³-hybridized carbons (Fsp3) is 0.517. The first-order chi connectivity index (χ1) is 19.0. The Kier molecular flexibility index (Phi) is 9.49. The summed E-state index contributed by atoms with van der Waals surface area (Å²) in [5, 5.41) is 18.6. The molecule has 39 heavy (non-hydrogen) atoms. The van der Waals surface area contributed by atoms with Gasteiger partial charge in [0.15, 0.2) is 0 Å². The van der Waals surface area contributed by atoms with Gasteiger partial charge in [-0.25, -0.2) is 9.97 Å². The van der Waals surface area contributed by atoms with Crippen molar-refractivity contribution in [1.29, 1.82) is 0 Å². The van der Waals surface area contributed by atoms with E-state index in [4.69, 9.17) is 21.3 Å². The number of hydrogen-bond donors (Lipinski definition) is 4. The highest BCUT2D eigenvalue weighted by Crippen LogP contribution is 2.33. The van der Waals surface area contributed by atoms with Crippen molar-refractivity contribution in [1.82, 2.24) is 30.1 Å². The summed E-state index contributed by atoms with van der Waals surface area (Å²) in [6, 6.07) is 8.93. The Balaban J connectivity index is 1.17. The number of aliphatic hydroxyl groups excluding tert-OH is 1. The van der Waals surface area contributed by atoms with Crippen LogP contribution < -0.4 is 10.6 Å². The number of H-pyrrole nitrogens is 1. The van der Waals surface area contributed by atoms with Crippen molar-refractivity contribution in [3.63, 3.8) is 0 Å². The predicted octanol–water partition coefficient (Wildman–Crippen LogP) is 3.73. The van der Waals surface area contributed by atoms with Crippen molar-refractivity contribution in [2.45, 2.75) is 50.1 Å². The molecule has 2 fully saturated rings. The summed E-state index contributed by atoms with van der Waals surface area (Å²) in [4.78, 5) is 17.3. The molecule has 3 heterocycles. The molecule has 0 spiro atoms. The third-order valence-electron chi connectivity index (χ3n) is 7.60. The van der Waals surface area contributed by atoms with Crippen LogP contribution in [0.15, 0.2) is 48.8 Å². The lowest BCUT2D eigenvalue weighted by Gasteiger charge is -2.42. The van der Waals surface area contributed by atoms with Crippen LogP contribution in [0.3, 0.4) is 0 Å². The number of nitrogens with one attached hydrogen (secondary N) is 3. The van der Waals surface area contributed by atoms with E-state index in [1.165, 1.54) is 6.42 Å². The van der Waals surface area contributed by atoms with E-state index in [0.29, 0.717) is 36.2 Å². The Hall–Kier alpha value is -2.53. The lowest BCUT2D eigenvalue weighted by Crippen LogP contribution is -2.53. The number of benzene rings is 1. The molecule has 2 aromatic heterocycles. The molecule has 0 radical (unpaired) electrons. The Bertz CT molecular complexity index is 1250. The largest absolute Gasteiger partial charge is 0.375 e. The Morgan fingerprint density at radius 3 is 3.05 bits per heavy atom. The topological polar surface area (TPSA) is 102 Å². The number of para-hydroxylation sites is 1. The zero-order valence-electron chi connectivity index (χ0n) is 22.8. The van der Waals surface area contributed by atoms with Crippen LogP contribution >= 0.6 is 11.6 Å². The number of aliphatic hydroxyl groups is 1. The van der Waals surface area contributed by atoms with Crippen molar-refractivity contribution in [2.75, 3.05) is 52.2 Å². The second kappa shape index (κ2) is 13.2. The first kappa shape index (κ1) is 28.0. The molecular formula is C29H40ClN7O2. The van der Waals surface area contributed by atoms with E-state index >= 15 is 0 Å². The molecule has 10 heteroatoms. The third kappa shape index (κ3) is 7.36. The molecule has 0 bridgehead atoms. The predicted molar refractivity (Wildman–Crippen MR) is 157 cm³/mol. The van der Waals surface area contributed by atoms with Gasteiger partial charge in [-0.1, -0.05) is 35.9 Å². The van der Waals surface area contributed by atoms with Crippen molar-refractivity contribution < 1.29 is 9.84 Å². The van der Waals surface area contributed by atoms with Crippen LogP contribution in [0.25, 0.3) is 22.2 Å². The molecule has 4 N–H and O–H groups in total. The van der Waals surface area contributed by atoms with Gasteiger partial charge in [-0.3, -0.25) is 10.2 Å². The molecule has 3 aromatic rings. The highest BCUT2D eigenvalue weighted by molar-refractivity contribution is 6.33. The van der Waals surface area contributed by atoms with Crippen molar-refractivity contribution >= 4 is 28.5 Å². The molecule has 0 amide bonds. The number of morpholine rings is 1. The van der Waals surface area contributed by atoms with Crippen LogP contribution in [0.5, 0.6) is 0 Å². The third-order valence-corrected chi connectivity index (χ3v) is 7.88. The standard InChI is InChI=1S/C29H40ClN7O2/c1-36(2)12-6-11-27(38)32-16-22-19-37(13-14-39-22)21-8-5-7-20(15-21)34-29-33-18-25(30)28(35-29)24-17-31-26-10-4-3-9-23(24)26/h3-4,6,9-11,17-18,20-22,27,31-32,38H,5,7-8,12-16,19H2,1-2H3,(H,33,34,35)/b11-6+/t20-,21+,22?,27?/m1/s1. The van der Waals surface area contributed by atoms with E-state index in [1.54, 1.807) is 12.3 Å². The number of nitrogens with zero attached hydrogens (tertiary/aromatic N) is 4. The normalized spacial score (nSPS) is 23.6. The van der Waals surface area contributed by atoms with Gasteiger partial charge < -0.3 is 25.0 Å². The molecule has 1 aliphatic carbocycles. The Morgan fingerprint density at radius 2 is 2.18 bits per heavy atom.